The monoisotopic (exact) mass is 406 g/mol. The fourth-order valence-corrected chi connectivity index (χ4v) is 2.75. The largest absolute Gasteiger partial charge is 0.457 e. The van der Waals surface area contributed by atoms with Gasteiger partial charge in [-0.1, -0.05) is 0 Å². The van der Waals surface area contributed by atoms with Gasteiger partial charge >= 0.3 is 12.1 Å². The van der Waals surface area contributed by atoms with E-state index in [4.69, 9.17) is 9.47 Å². The summed E-state index contributed by atoms with van der Waals surface area (Å²) in [6.45, 7) is 5.81. The molecule has 2 rings (SSSR count). The first-order valence-electron chi connectivity index (χ1n) is 9.27. The molecular formula is C20H26N2O7. The Labute approximate surface area is 169 Å². The van der Waals surface area contributed by atoms with E-state index in [-0.39, 0.29) is 38.2 Å². The molecule has 1 heterocycles. The molecule has 0 spiro atoms. The summed E-state index contributed by atoms with van der Waals surface area (Å²) in [6, 6.07) is 5.76. The van der Waals surface area contributed by atoms with Gasteiger partial charge in [0, 0.05) is 31.3 Å². The van der Waals surface area contributed by atoms with Crippen molar-refractivity contribution in [2.75, 3.05) is 13.1 Å². The molecule has 9 heteroatoms. The standard InChI is InChI=1S/C20H26N2O7/c1-19(2,3)29-17(23)8-9-20(25)10-12-21(13-11-20)18(24)28-14-15-4-6-16(7-5-15)22(26)27/h4-9,25H,10-14H2,1-3H3. The zero-order valence-corrected chi connectivity index (χ0v) is 16.8. The first-order valence-corrected chi connectivity index (χ1v) is 9.27. The van der Waals surface area contributed by atoms with Crippen molar-refractivity contribution in [1.82, 2.24) is 4.90 Å². The number of ether oxygens (including phenoxy) is 2. The third kappa shape index (κ3) is 7.19. The number of piperidine rings is 1. The van der Waals surface area contributed by atoms with Crippen molar-refractivity contribution in [3.63, 3.8) is 0 Å². The number of nitrogens with zero attached hydrogens (tertiary/aromatic N) is 2. The number of hydrogen-bond donors (Lipinski definition) is 1. The summed E-state index contributed by atoms with van der Waals surface area (Å²) in [4.78, 5) is 35.6. The van der Waals surface area contributed by atoms with E-state index in [9.17, 15) is 24.8 Å². The van der Waals surface area contributed by atoms with Crippen LogP contribution >= 0.6 is 0 Å². The molecule has 1 fully saturated rings. The van der Waals surface area contributed by atoms with Crippen molar-refractivity contribution < 1.29 is 29.1 Å². The van der Waals surface area contributed by atoms with Crippen LogP contribution in [0.2, 0.25) is 0 Å². The maximum Gasteiger partial charge on any atom is 0.410 e. The quantitative estimate of drug-likeness (QED) is 0.345. The minimum atomic E-state index is -1.19. The van der Waals surface area contributed by atoms with Gasteiger partial charge in [0.05, 0.1) is 10.5 Å². The highest BCUT2D eigenvalue weighted by molar-refractivity contribution is 5.82. The Hall–Kier alpha value is -2.94. The summed E-state index contributed by atoms with van der Waals surface area (Å²) in [6.07, 6.45) is 2.63. The van der Waals surface area contributed by atoms with Crippen LogP contribution in [0, 0.1) is 10.1 Å². The second-order valence-corrected chi connectivity index (χ2v) is 7.94. The molecule has 0 aromatic heterocycles. The topological polar surface area (TPSA) is 119 Å². The number of rotatable bonds is 5. The van der Waals surface area contributed by atoms with Crippen LogP contribution in [0.15, 0.2) is 36.4 Å². The fraction of sp³-hybridized carbons (Fsp3) is 0.500. The number of benzene rings is 1. The van der Waals surface area contributed by atoms with Crippen molar-refractivity contribution in [3.05, 3.63) is 52.1 Å². The number of hydrogen-bond acceptors (Lipinski definition) is 7. The molecule has 0 aliphatic carbocycles. The summed E-state index contributed by atoms with van der Waals surface area (Å²) in [7, 11) is 0. The van der Waals surface area contributed by atoms with Gasteiger partial charge in [0.2, 0.25) is 0 Å². The first kappa shape index (κ1) is 22.4. The molecule has 1 aromatic carbocycles. The molecule has 1 aliphatic rings. The third-order valence-corrected chi connectivity index (χ3v) is 4.33. The van der Waals surface area contributed by atoms with Gasteiger partial charge in [0.25, 0.3) is 5.69 Å². The van der Waals surface area contributed by atoms with Crippen LogP contribution in [-0.4, -0.2) is 51.3 Å². The van der Waals surface area contributed by atoms with E-state index in [0.29, 0.717) is 5.56 Å². The molecule has 1 N–H and O–H groups in total. The van der Waals surface area contributed by atoms with E-state index in [1.54, 1.807) is 20.8 Å². The van der Waals surface area contributed by atoms with E-state index in [1.807, 2.05) is 0 Å². The van der Waals surface area contributed by atoms with Crippen LogP contribution in [0.5, 0.6) is 0 Å². The number of likely N-dealkylation sites (tertiary alicyclic amines) is 1. The van der Waals surface area contributed by atoms with Crippen molar-refractivity contribution in [1.29, 1.82) is 0 Å². The predicted octanol–water partition coefficient (Wildman–Crippen LogP) is 2.96. The van der Waals surface area contributed by atoms with Crippen LogP contribution in [0.4, 0.5) is 10.5 Å². The number of aliphatic hydroxyl groups is 1. The van der Waals surface area contributed by atoms with Crippen LogP contribution in [0.3, 0.4) is 0 Å². The highest BCUT2D eigenvalue weighted by Crippen LogP contribution is 2.24. The van der Waals surface area contributed by atoms with Crippen LogP contribution < -0.4 is 0 Å². The van der Waals surface area contributed by atoms with Gasteiger partial charge in [-0.3, -0.25) is 10.1 Å². The predicted molar refractivity (Wildman–Crippen MR) is 104 cm³/mol. The molecule has 0 saturated carbocycles. The minimum absolute atomic E-state index is 0.00383. The van der Waals surface area contributed by atoms with Gasteiger partial charge in [-0.15, -0.1) is 0 Å². The van der Waals surface area contributed by atoms with Gasteiger partial charge in [0.15, 0.2) is 0 Å². The number of amides is 1. The van der Waals surface area contributed by atoms with Crippen molar-refractivity contribution in [2.45, 2.75) is 51.4 Å². The second-order valence-electron chi connectivity index (χ2n) is 7.94. The summed E-state index contributed by atoms with van der Waals surface area (Å²) >= 11 is 0. The summed E-state index contributed by atoms with van der Waals surface area (Å²) in [5, 5.41) is 21.2. The molecule has 0 bridgehead atoms. The van der Waals surface area contributed by atoms with Gasteiger partial charge < -0.3 is 19.5 Å². The molecule has 0 radical (unpaired) electrons. The fourth-order valence-electron chi connectivity index (χ4n) is 2.75. The Morgan fingerprint density at radius 2 is 1.83 bits per heavy atom. The summed E-state index contributed by atoms with van der Waals surface area (Å²) in [5.41, 5.74) is -1.19. The number of nitro groups is 1. The summed E-state index contributed by atoms with van der Waals surface area (Å²) in [5.74, 6) is -0.532. The highest BCUT2D eigenvalue weighted by Gasteiger charge is 2.32. The van der Waals surface area contributed by atoms with Crippen molar-refractivity contribution in [3.8, 4) is 0 Å². The number of carbonyl (C=O) groups excluding carboxylic acids is 2. The molecule has 1 saturated heterocycles. The molecule has 1 aliphatic heterocycles. The lowest BCUT2D eigenvalue weighted by atomic mass is 9.91. The van der Waals surface area contributed by atoms with Gasteiger partial charge in [0.1, 0.15) is 12.2 Å². The Morgan fingerprint density at radius 1 is 1.24 bits per heavy atom. The number of non-ortho nitro benzene ring substituents is 1. The van der Waals surface area contributed by atoms with E-state index in [2.05, 4.69) is 0 Å². The molecule has 29 heavy (non-hydrogen) atoms. The van der Waals surface area contributed by atoms with Crippen LogP contribution in [-0.2, 0) is 20.9 Å². The Morgan fingerprint density at radius 3 is 2.34 bits per heavy atom. The van der Waals surface area contributed by atoms with Crippen molar-refractivity contribution >= 4 is 17.7 Å². The van der Waals surface area contributed by atoms with Crippen molar-refractivity contribution in [2.24, 2.45) is 0 Å². The van der Waals surface area contributed by atoms with E-state index < -0.39 is 28.2 Å². The average Bonchev–Trinajstić information content (AvgIpc) is 2.64. The molecule has 1 amide bonds. The number of esters is 1. The van der Waals surface area contributed by atoms with E-state index >= 15 is 0 Å². The molecular weight excluding hydrogens is 380 g/mol. The van der Waals surface area contributed by atoms with E-state index in [1.165, 1.54) is 41.3 Å². The zero-order chi connectivity index (χ0) is 21.7. The van der Waals surface area contributed by atoms with E-state index in [0.717, 1.165) is 0 Å². The second kappa shape index (κ2) is 9.04. The molecule has 1 aromatic rings. The first-order chi connectivity index (χ1) is 13.5. The van der Waals surface area contributed by atoms with Crippen LogP contribution in [0.25, 0.3) is 0 Å². The van der Waals surface area contributed by atoms with Gasteiger partial charge in [-0.25, -0.2) is 9.59 Å². The van der Waals surface area contributed by atoms with Gasteiger partial charge in [-0.2, -0.15) is 0 Å². The normalized spacial score (nSPS) is 16.5. The third-order valence-electron chi connectivity index (χ3n) is 4.33. The maximum absolute atomic E-state index is 12.2. The minimum Gasteiger partial charge on any atom is -0.457 e. The maximum atomic E-state index is 12.2. The smallest absolute Gasteiger partial charge is 0.410 e. The molecule has 0 atom stereocenters. The highest BCUT2D eigenvalue weighted by atomic mass is 16.6. The lowest BCUT2D eigenvalue weighted by Crippen LogP contribution is -2.46. The Kier molecular flexibility index (Phi) is 6.97. The average molecular weight is 406 g/mol. The summed E-state index contributed by atoms with van der Waals surface area (Å²) < 4.78 is 10.4. The Balaban J connectivity index is 1.81. The zero-order valence-electron chi connectivity index (χ0n) is 16.8. The Bertz CT molecular complexity index is 773. The molecule has 0 unspecified atom stereocenters. The molecule has 158 valence electrons. The molecule has 9 nitrogen and oxygen atoms in total. The number of nitro benzene ring substituents is 1. The van der Waals surface area contributed by atoms with Gasteiger partial charge in [-0.05, 0) is 57.4 Å². The van der Waals surface area contributed by atoms with Crippen LogP contribution in [0.1, 0.15) is 39.2 Å². The lowest BCUT2D eigenvalue weighted by Gasteiger charge is -2.35. The SMILES string of the molecule is CC(C)(C)OC(=O)C=CC1(O)CCN(C(=O)OCc2ccc([N+](=O)[O-])cc2)CC1. The lowest BCUT2D eigenvalue weighted by molar-refractivity contribution is -0.384. The number of carbonyl (C=O) groups is 2.